The third-order valence-corrected chi connectivity index (χ3v) is 5.04. The number of benzene rings is 2. The number of ether oxygens (including phenoxy) is 2. The lowest BCUT2D eigenvalue weighted by Crippen LogP contribution is -2.48. The lowest BCUT2D eigenvalue weighted by Gasteiger charge is -2.36. The Labute approximate surface area is 162 Å². The van der Waals surface area contributed by atoms with Crippen LogP contribution in [0, 0.1) is 0 Å². The lowest BCUT2D eigenvalue weighted by atomic mass is 10.1. The molecule has 6 heteroatoms. The summed E-state index contributed by atoms with van der Waals surface area (Å²) in [5, 5.41) is 0. The van der Waals surface area contributed by atoms with Crippen molar-refractivity contribution in [3.05, 3.63) is 52.5 Å². The second kappa shape index (κ2) is 8.45. The van der Waals surface area contributed by atoms with E-state index in [0.717, 1.165) is 17.6 Å². The zero-order valence-electron chi connectivity index (χ0n) is 15.1. The van der Waals surface area contributed by atoms with Gasteiger partial charge in [0.05, 0.1) is 18.2 Å². The highest BCUT2D eigenvalue weighted by atomic mass is 79.9. The second-order valence-electron chi connectivity index (χ2n) is 6.04. The average molecular weight is 419 g/mol. The van der Waals surface area contributed by atoms with Crippen LogP contribution in [0.4, 0.5) is 5.69 Å². The summed E-state index contributed by atoms with van der Waals surface area (Å²) in [5.74, 6) is 1.20. The first-order valence-corrected chi connectivity index (χ1v) is 9.53. The molecule has 0 unspecified atom stereocenters. The minimum Gasteiger partial charge on any atom is -0.493 e. The molecule has 0 radical (unpaired) electrons. The minimum atomic E-state index is 0.0137. The van der Waals surface area contributed by atoms with E-state index in [1.165, 1.54) is 5.69 Å². The van der Waals surface area contributed by atoms with Gasteiger partial charge in [-0.25, -0.2) is 0 Å². The Morgan fingerprint density at radius 3 is 2.42 bits per heavy atom. The number of rotatable bonds is 5. The molecule has 1 aliphatic heterocycles. The molecule has 0 atom stereocenters. The molecule has 1 heterocycles. The molecular weight excluding hydrogens is 396 g/mol. The molecule has 5 nitrogen and oxygen atoms in total. The highest BCUT2D eigenvalue weighted by Crippen LogP contribution is 2.37. The molecule has 0 saturated carbocycles. The van der Waals surface area contributed by atoms with Gasteiger partial charge in [-0.2, -0.15) is 0 Å². The van der Waals surface area contributed by atoms with Crippen LogP contribution in [0.15, 0.2) is 46.9 Å². The summed E-state index contributed by atoms with van der Waals surface area (Å²) >= 11 is 3.49. The van der Waals surface area contributed by atoms with Crippen molar-refractivity contribution in [3.63, 3.8) is 0 Å². The third kappa shape index (κ3) is 3.96. The molecule has 1 aliphatic rings. The molecule has 0 aromatic heterocycles. The average Bonchev–Trinajstić information content (AvgIpc) is 2.69. The molecular formula is C20H23BrN2O3. The van der Waals surface area contributed by atoms with E-state index in [-0.39, 0.29) is 5.91 Å². The zero-order chi connectivity index (χ0) is 18.5. The van der Waals surface area contributed by atoms with Crippen molar-refractivity contribution < 1.29 is 14.3 Å². The number of amides is 1. The molecule has 3 rings (SSSR count). The molecule has 1 saturated heterocycles. The molecule has 26 heavy (non-hydrogen) atoms. The summed E-state index contributed by atoms with van der Waals surface area (Å²) in [5.41, 5.74) is 1.80. The number of hydrogen-bond donors (Lipinski definition) is 0. The van der Waals surface area contributed by atoms with Crippen LogP contribution in [0.3, 0.4) is 0 Å². The van der Waals surface area contributed by atoms with Crippen LogP contribution >= 0.6 is 15.9 Å². The lowest BCUT2D eigenvalue weighted by molar-refractivity contribution is 0.0746. The normalized spacial score (nSPS) is 14.3. The van der Waals surface area contributed by atoms with Crippen LogP contribution in [0.2, 0.25) is 0 Å². The highest BCUT2D eigenvalue weighted by molar-refractivity contribution is 9.10. The molecule has 138 valence electrons. The summed E-state index contributed by atoms with van der Waals surface area (Å²) in [6.07, 6.45) is 0. The molecule has 0 bridgehead atoms. The van der Waals surface area contributed by atoms with Gasteiger partial charge in [-0.05, 0) is 47.1 Å². The maximum absolute atomic E-state index is 12.9. The number of piperazine rings is 1. The van der Waals surface area contributed by atoms with Gasteiger partial charge in [0.1, 0.15) is 0 Å². The van der Waals surface area contributed by atoms with Gasteiger partial charge in [0.2, 0.25) is 0 Å². The summed E-state index contributed by atoms with van der Waals surface area (Å²) < 4.78 is 11.7. The Morgan fingerprint density at radius 2 is 1.81 bits per heavy atom. The van der Waals surface area contributed by atoms with Crippen molar-refractivity contribution in [3.8, 4) is 11.5 Å². The number of halogens is 1. The third-order valence-electron chi connectivity index (χ3n) is 4.45. The number of hydrogen-bond acceptors (Lipinski definition) is 4. The van der Waals surface area contributed by atoms with Crippen LogP contribution in [-0.4, -0.2) is 50.7 Å². The van der Waals surface area contributed by atoms with Gasteiger partial charge in [-0.15, -0.1) is 0 Å². The molecule has 0 aliphatic carbocycles. The smallest absolute Gasteiger partial charge is 0.254 e. The van der Waals surface area contributed by atoms with Crippen molar-refractivity contribution in [1.29, 1.82) is 0 Å². The first kappa shape index (κ1) is 18.6. The van der Waals surface area contributed by atoms with Gasteiger partial charge in [0.15, 0.2) is 11.5 Å². The minimum absolute atomic E-state index is 0.0137. The van der Waals surface area contributed by atoms with Gasteiger partial charge in [-0.1, -0.05) is 18.2 Å². The number of anilines is 1. The van der Waals surface area contributed by atoms with Crippen molar-refractivity contribution in [1.82, 2.24) is 4.90 Å². The van der Waals surface area contributed by atoms with Gasteiger partial charge >= 0.3 is 0 Å². The van der Waals surface area contributed by atoms with E-state index in [2.05, 4.69) is 33.0 Å². The fourth-order valence-corrected chi connectivity index (χ4v) is 3.67. The fourth-order valence-electron chi connectivity index (χ4n) is 3.12. The van der Waals surface area contributed by atoms with E-state index < -0.39 is 0 Å². The summed E-state index contributed by atoms with van der Waals surface area (Å²) in [6, 6.07) is 13.9. The number of nitrogens with zero attached hydrogens (tertiary/aromatic N) is 2. The van der Waals surface area contributed by atoms with Crippen LogP contribution in [0.5, 0.6) is 11.5 Å². The quantitative estimate of drug-likeness (QED) is 0.739. The maximum Gasteiger partial charge on any atom is 0.254 e. The Morgan fingerprint density at radius 1 is 1.12 bits per heavy atom. The second-order valence-corrected chi connectivity index (χ2v) is 6.89. The van der Waals surface area contributed by atoms with Crippen molar-refractivity contribution >= 4 is 27.5 Å². The molecule has 1 amide bonds. The van der Waals surface area contributed by atoms with E-state index in [1.54, 1.807) is 19.2 Å². The van der Waals surface area contributed by atoms with Crippen molar-refractivity contribution in [2.24, 2.45) is 0 Å². The predicted octanol–water partition coefficient (Wildman–Crippen LogP) is 3.82. The summed E-state index contributed by atoms with van der Waals surface area (Å²) in [6.45, 7) is 5.48. The van der Waals surface area contributed by atoms with E-state index in [9.17, 15) is 4.79 Å². The maximum atomic E-state index is 12.9. The Balaban J connectivity index is 1.71. The summed E-state index contributed by atoms with van der Waals surface area (Å²) in [7, 11) is 1.58. The molecule has 1 fully saturated rings. The fraction of sp³-hybridized carbons (Fsp3) is 0.350. The summed E-state index contributed by atoms with van der Waals surface area (Å²) in [4.78, 5) is 17.1. The van der Waals surface area contributed by atoms with Gasteiger partial charge in [-0.3, -0.25) is 4.79 Å². The van der Waals surface area contributed by atoms with Crippen LogP contribution in [0.1, 0.15) is 17.3 Å². The number of carbonyl (C=O) groups is 1. The SMILES string of the molecule is CCOc1c(Br)cc(C(=O)N2CCN(c3ccccc3)CC2)cc1OC. The van der Waals surface area contributed by atoms with E-state index in [1.807, 2.05) is 30.0 Å². The molecule has 2 aromatic rings. The Bertz CT molecular complexity index is 759. The van der Waals surface area contributed by atoms with Gasteiger partial charge in [0.25, 0.3) is 5.91 Å². The van der Waals surface area contributed by atoms with Crippen LogP contribution in [0.25, 0.3) is 0 Å². The molecule has 2 aromatic carbocycles. The zero-order valence-corrected chi connectivity index (χ0v) is 16.7. The Hall–Kier alpha value is -2.21. The number of para-hydroxylation sites is 1. The predicted molar refractivity (Wildman–Crippen MR) is 106 cm³/mol. The van der Waals surface area contributed by atoms with E-state index >= 15 is 0 Å². The number of methoxy groups -OCH3 is 1. The monoisotopic (exact) mass is 418 g/mol. The van der Waals surface area contributed by atoms with Crippen molar-refractivity contribution in [2.45, 2.75) is 6.92 Å². The topological polar surface area (TPSA) is 42.0 Å². The van der Waals surface area contributed by atoms with E-state index in [4.69, 9.17) is 9.47 Å². The Kier molecular flexibility index (Phi) is 6.04. The highest BCUT2D eigenvalue weighted by Gasteiger charge is 2.24. The number of carbonyl (C=O) groups excluding carboxylic acids is 1. The van der Waals surface area contributed by atoms with Crippen LogP contribution in [-0.2, 0) is 0 Å². The van der Waals surface area contributed by atoms with Gasteiger partial charge in [0, 0.05) is 37.4 Å². The standard InChI is InChI=1S/C20H23BrN2O3/c1-3-26-19-17(21)13-15(14-18(19)25-2)20(24)23-11-9-22(10-12-23)16-7-5-4-6-8-16/h4-8,13-14H,3,9-12H2,1-2H3. The van der Waals surface area contributed by atoms with Crippen molar-refractivity contribution in [2.75, 3.05) is 44.8 Å². The van der Waals surface area contributed by atoms with Crippen LogP contribution < -0.4 is 14.4 Å². The largest absolute Gasteiger partial charge is 0.493 e. The molecule has 0 spiro atoms. The molecule has 0 N–H and O–H groups in total. The van der Waals surface area contributed by atoms with E-state index in [0.29, 0.717) is 36.8 Å². The first-order chi connectivity index (χ1) is 12.6. The van der Waals surface area contributed by atoms with Gasteiger partial charge < -0.3 is 19.3 Å². The first-order valence-electron chi connectivity index (χ1n) is 8.73.